The number of amides is 4. The summed E-state index contributed by atoms with van der Waals surface area (Å²) in [4.78, 5) is 57.7. The van der Waals surface area contributed by atoms with Crippen LogP contribution in [0.3, 0.4) is 0 Å². The SMILES string of the molecule is O=C(O)CNC(=O)c1ccccc1N1C(=O)[C@@H]2Cc3c([nH]c4ccccc34)[C@@H](c3cccc(Cl)c3)N2C1=O. The molecule has 2 atom stereocenters. The number of rotatable bonds is 5. The summed E-state index contributed by atoms with van der Waals surface area (Å²) in [5, 5.41) is 12.7. The number of aromatic amines is 1. The number of anilines is 1. The number of urea groups is 1. The number of carbonyl (C=O) groups is 4. The van der Waals surface area contributed by atoms with Crippen molar-refractivity contribution in [2.24, 2.45) is 0 Å². The van der Waals surface area contributed by atoms with Gasteiger partial charge < -0.3 is 15.4 Å². The maximum Gasteiger partial charge on any atom is 0.332 e. The number of carboxylic acids is 1. The normalized spacial score (nSPS) is 18.4. The number of benzene rings is 3. The Hall–Kier alpha value is -4.63. The summed E-state index contributed by atoms with van der Waals surface area (Å²) in [6.07, 6.45) is 0.296. The van der Waals surface area contributed by atoms with Crippen molar-refractivity contribution in [1.29, 1.82) is 0 Å². The standard InChI is InChI=1S/C28H21ClN4O5/c29-16-7-5-6-15(12-16)25-24-19(17-8-1-3-10-20(17)31-24)13-22-27(37)33(28(38)32(22)25)21-11-4-2-9-18(21)26(36)30-14-23(34)35/h1-12,22,25,31H,13-14H2,(H,30,36)(H,34,35)/t22-,25+/m0/s1. The van der Waals surface area contributed by atoms with Crippen molar-refractivity contribution in [3.8, 4) is 0 Å². The van der Waals surface area contributed by atoms with Gasteiger partial charge in [-0.15, -0.1) is 0 Å². The average Bonchev–Trinajstić information content (AvgIpc) is 3.40. The number of carbonyl (C=O) groups excluding carboxylic acids is 3. The minimum atomic E-state index is -1.21. The van der Waals surface area contributed by atoms with Gasteiger partial charge in [0.2, 0.25) is 0 Å². The highest BCUT2D eigenvalue weighted by Gasteiger charge is 2.53. The molecule has 0 saturated carbocycles. The van der Waals surface area contributed by atoms with Crippen LogP contribution in [-0.2, 0) is 16.0 Å². The number of nitrogens with one attached hydrogen (secondary N) is 2. The zero-order chi connectivity index (χ0) is 26.6. The number of halogens is 1. The van der Waals surface area contributed by atoms with Crippen molar-refractivity contribution in [2.45, 2.75) is 18.5 Å². The number of aliphatic carboxylic acids is 1. The quantitative estimate of drug-likeness (QED) is 0.336. The number of carboxylic acid groups (broad SMARTS) is 1. The molecule has 3 aromatic carbocycles. The van der Waals surface area contributed by atoms with Gasteiger partial charge in [-0.3, -0.25) is 19.3 Å². The van der Waals surface area contributed by atoms with Crippen LogP contribution in [0, 0.1) is 0 Å². The monoisotopic (exact) mass is 528 g/mol. The minimum Gasteiger partial charge on any atom is -0.480 e. The van der Waals surface area contributed by atoms with Crippen LogP contribution < -0.4 is 10.2 Å². The lowest BCUT2D eigenvalue weighted by Crippen LogP contribution is -2.44. The van der Waals surface area contributed by atoms with Crippen molar-refractivity contribution in [3.05, 3.63) is 100 Å². The molecule has 0 radical (unpaired) electrons. The van der Waals surface area contributed by atoms with E-state index in [2.05, 4.69) is 10.3 Å². The van der Waals surface area contributed by atoms with E-state index >= 15 is 0 Å². The maximum absolute atomic E-state index is 14.0. The van der Waals surface area contributed by atoms with Crippen LogP contribution in [0.15, 0.2) is 72.8 Å². The van der Waals surface area contributed by atoms with Crippen LogP contribution >= 0.6 is 11.6 Å². The van der Waals surface area contributed by atoms with Gasteiger partial charge in [0, 0.05) is 28.0 Å². The fourth-order valence-electron chi connectivity index (χ4n) is 5.43. The molecule has 0 aliphatic carbocycles. The molecule has 10 heteroatoms. The molecule has 3 heterocycles. The Bertz CT molecular complexity index is 1650. The highest BCUT2D eigenvalue weighted by molar-refractivity contribution is 6.30. The topological polar surface area (TPSA) is 123 Å². The first-order valence-electron chi connectivity index (χ1n) is 12.0. The van der Waals surface area contributed by atoms with Crippen molar-refractivity contribution < 1.29 is 24.3 Å². The minimum absolute atomic E-state index is 0.0265. The third kappa shape index (κ3) is 3.71. The molecule has 0 bridgehead atoms. The third-order valence-electron chi connectivity index (χ3n) is 7.00. The van der Waals surface area contributed by atoms with E-state index in [4.69, 9.17) is 16.7 Å². The fraction of sp³-hybridized carbons (Fsp3) is 0.143. The molecule has 4 aromatic rings. The first-order valence-corrected chi connectivity index (χ1v) is 12.3. The molecular formula is C28H21ClN4O5. The van der Waals surface area contributed by atoms with Gasteiger partial charge in [-0.25, -0.2) is 9.69 Å². The predicted molar refractivity (Wildman–Crippen MR) is 140 cm³/mol. The summed E-state index contributed by atoms with van der Waals surface area (Å²) >= 11 is 6.33. The number of imide groups is 1. The van der Waals surface area contributed by atoms with Gasteiger partial charge in [-0.1, -0.05) is 54.1 Å². The highest BCUT2D eigenvalue weighted by atomic mass is 35.5. The van der Waals surface area contributed by atoms with E-state index in [1.165, 1.54) is 17.0 Å². The Morgan fingerprint density at radius 1 is 1.03 bits per heavy atom. The number of para-hydroxylation sites is 2. The van der Waals surface area contributed by atoms with Crippen LogP contribution in [-0.4, -0.2) is 51.4 Å². The van der Waals surface area contributed by atoms with E-state index < -0.39 is 42.4 Å². The molecule has 38 heavy (non-hydrogen) atoms. The van der Waals surface area contributed by atoms with Crippen LogP contribution in [0.2, 0.25) is 5.02 Å². The first kappa shape index (κ1) is 23.7. The lowest BCUT2D eigenvalue weighted by Gasteiger charge is -2.36. The van der Waals surface area contributed by atoms with Gasteiger partial charge in [0.25, 0.3) is 11.8 Å². The second-order valence-corrected chi connectivity index (χ2v) is 9.63. The van der Waals surface area contributed by atoms with Gasteiger partial charge in [-0.05, 0) is 41.5 Å². The van der Waals surface area contributed by atoms with Gasteiger partial charge >= 0.3 is 12.0 Å². The molecule has 0 spiro atoms. The van der Waals surface area contributed by atoms with E-state index in [1.54, 1.807) is 30.3 Å². The Morgan fingerprint density at radius 3 is 2.58 bits per heavy atom. The van der Waals surface area contributed by atoms with E-state index in [9.17, 15) is 19.2 Å². The summed E-state index contributed by atoms with van der Waals surface area (Å²) in [6, 6.07) is 19.1. The molecule has 190 valence electrons. The first-order chi connectivity index (χ1) is 18.3. The molecule has 1 aromatic heterocycles. The van der Waals surface area contributed by atoms with Crippen LogP contribution in [0.5, 0.6) is 0 Å². The molecule has 3 N–H and O–H groups in total. The molecular weight excluding hydrogens is 508 g/mol. The summed E-state index contributed by atoms with van der Waals surface area (Å²) < 4.78 is 0. The highest BCUT2D eigenvalue weighted by Crippen LogP contribution is 2.45. The van der Waals surface area contributed by atoms with Gasteiger partial charge in [0.15, 0.2) is 0 Å². The van der Waals surface area contributed by atoms with Crippen molar-refractivity contribution >= 4 is 52.0 Å². The second kappa shape index (κ2) is 9.04. The van der Waals surface area contributed by atoms with Gasteiger partial charge in [0.1, 0.15) is 18.6 Å². The summed E-state index contributed by atoms with van der Waals surface area (Å²) in [7, 11) is 0. The molecule has 6 rings (SSSR count). The maximum atomic E-state index is 14.0. The van der Waals surface area contributed by atoms with Crippen LogP contribution in [0.25, 0.3) is 10.9 Å². The van der Waals surface area contributed by atoms with E-state index in [1.807, 2.05) is 30.3 Å². The van der Waals surface area contributed by atoms with Crippen molar-refractivity contribution in [1.82, 2.24) is 15.2 Å². The molecule has 9 nitrogen and oxygen atoms in total. The largest absolute Gasteiger partial charge is 0.480 e. The number of hydrogen-bond acceptors (Lipinski definition) is 4. The molecule has 2 aliphatic heterocycles. The zero-order valence-electron chi connectivity index (χ0n) is 19.8. The Morgan fingerprint density at radius 2 is 1.79 bits per heavy atom. The van der Waals surface area contributed by atoms with E-state index in [-0.39, 0.29) is 11.3 Å². The predicted octanol–water partition coefficient (Wildman–Crippen LogP) is 4.12. The Balaban J connectivity index is 1.48. The van der Waals surface area contributed by atoms with E-state index in [0.29, 0.717) is 11.4 Å². The van der Waals surface area contributed by atoms with Crippen LogP contribution in [0.4, 0.5) is 10.5 Å². The van der Waals surface area contributed by atoms with Gasteiger partial charge in [0.05, 0.1) is 11.3 Å². The summed E-state index contributed by atoms with van der Waals surface area (Å²) in [6.45, 7) is -0.595. The van der Waals surface area contributed by atoms with Crippen molar-refractivity contribution in [3.63, 3.8) is 0 Å². The lowest BCUT2D eigenvalue weighted by molar-refractivity contribution is -0.135. The summed E-state index contributed by atoms with van der Waals surface area (Å²) in [5.41, 5.74) is 3.52. The fourth-order valence-corrected chi connectivity index (χ4v) is 5.63. The van der Waals surface area contributed by atoms with Crippen molar-refractivity contribution in [2.75, 3.05) is 11.4 Å². The number of fused-ring (bicyclic) bond motifs is 4. The molecule has 4 amide bonds. The molecule has 0 unspecified atom stereocenters. The van der Waals surface area contributed by atoms with Gasteiger partial charge in [-0.2, -0.15) is 0 Å². The molecule has 1 fully saturated rings. The average molecular weight is 529 g/mol. The summed E-state index contributed by atoms with van der Waals surface area (Å²) in [5.74, 6) is -2.37. The number of hydrogen-bond donors (Lipinski definition) is 3. The van der Waals surface area contributed by atoms with Crippen LogP contribution in [0.1, 0.15) is 33.2 Å². The molecule has 1 saturated heterocycles. The smallest absolute Gasteiger partial charge is 0.332 e. The Kier molecular flexibility index (Phi) is 5.65. The Labute approximate surface area is 221 Å². The zero-order valence-corrected chi connectivity index (χ0v) is 20.6. The second-order valence-electron chi connectivity index (χ2n) is 9.20. The third-order valence-corrected chi connectivity index (χ3v) is 7.24. The number of nitrogens with zero attached hydrogens (tertiary/aromatic N) is 2. The number of aromatic nitrogens is 1. The molecule has 2 aliphatic rings. The lowest BCUT2D eigenvalue weighted by atomic mass is 9.89. The van der Waals surface area contributed by atoms with E-state index in [0.717, 1.165) is 32.6 Å². The number of H-pyrrole nitrogens is 1.